The fourth-order valence-electron chi connectivity index (χ4n) is 4.03. The van der Waals surface area contributed by atoms with Gasteiger partial charge in [-0.2, -0.15) is 0 Å². The van der Waals surface area contributed by atoms with Crippen molar-refractivity contribution >= 4 is 34.5 Å². The van der Waals surface area contributed by atoms with Gasteiger partial charge >= 0.3 is 0 Å². The van der Waals surface area contributed by atoms with E-state index in [1.165, 1.54) is 16.2 Å². The van der Waals surface area contributed by atoms with Crippen LogP contribution < -0.4 is 19.1 Å². The lowest BCUT2D eigenvalue weighted by atomic mass is 9.99. The van der Waals surface area contributed by atoms with Gasteiger partial charge in [-0.1, -0.05) is 6.07 Å². The number of aliphatic hydroxyl groups excluding tert-OH is 1. The summed E-state index contributed by atoms with van der Waals surface area (Å²) in [5.41, 5.74) is 0.957. The molecule has 0 bridgehead atoms. The standard InChI is InChI=1S/C25H21NO6S/c1-2-30-17-8-6-16(7-9-17)26-22(20-4-3-13-33-20)21(24(28)25(26)29)23(27)15-5-10-18-19(14-15)32-12-11-31-18/h3-10,13-14,22,27H,2,11-12H2,1H3/b23-21-. The molecular formula is C25H21NO6S. The van der Waals surface area contributed by atoms with E-state index in [1.54, 1.807) is 42.5 Å². The number of nitrogens with zero attached hydrogens (tertiary/aromatic N) is 1. The molecule has 1 aromatic heterocycles. The van der Waals surface area contributed by atoms with Gasteiger partial charge in [-0.25, -0.2) is 0 Å². The summed E-state index contributed by atoms with van der Waals surface area (Å²) in [6.45, 7) is 3.26. The first-order chi connectivity index (χ1) is 16.1. The maximum atomic E-state index is 13.2. The Hall–Kier alpha value is -3.78. The number of fused-ring (bicyclic) bond motifs is 1. The molecule has 1 atom stereocenters. The molecule has 1 N–H and O–H groups in total. The molecule has 1 fully saturated rings. The molecule has 1 amide bonds. The Morgan fingerprint density at radius 1 is 1.09 bits per heavy atom. The summed E-state index contributed by atoms with van der Waals surface area (Å²) >= 11 is 1.41. The molecule has 5 rings (SSSR count). The summed E-state index contributed by atoms with van der Waals surface area (Å²) in [6, 6.07) is 14.9. The van der Waals surface area contributed by atoms with Crippen LogP contribution in [0.15, 0.2) is 65.6 Å². The van der Waals surface area contributed by atoms with Crippen molar-refractivity contribution in [2.75, 3.05) is 24.7 Å². The second kappa shape index (κ2) is 8.63. The number of amides is 1. The third-order valence-corrected chi connectivity index (χ3v) is 6.42. The van der Waals surface area contributed by atoms with Gasteiger partial charge in [-0.15, -0.1) is 11.3 Å². The third-order valence-electron chi connectivity index (χ3n) is 5.50. The predicted molar refractivity (Wildman–Crippen MR) is 124 cm³/mol. The minimum atomic E-state index is -0.754. The number of hydrogen-bond donors (Lipinski definition) is 1. The number of rotatable bonds is 5. The molecule has 0 spiro atoms. The molecule has 168 valence electrons. The summed E-state index contributed by atoms with van der Waals surface area (Å²) in [5.74, 6) is 0.0337. The molecule has 0 radical (unpaired) electrons. The Balaban J connectivity index is 1.62. The van der Waals surface area contributed by atoms with E-state index >= 15 is 0 Å². The van der Waals surface area contributed by atoms with Crippen molar-refractivity contribution in [3.63, 3.8) is 0 Å². The quantitative estimate of drug-likeness (QED) is 0.340. The van der Waals surface area contributed by atoms with E-state index in [2.05, 4.69) is 0 Å². The summed E-state index contributed by atoms with van der Waals surface area (Å²) in [6.07, 6.45) is 0. The van der Waals surface area contributed by atoms with E-state index in [9.17, 15) is 14.7 Å². The van der Waals surface area contributed by atoms with E-state index in [-0.39, 0.29) is 11.3 Å². The highest BCUT2D eigenvalue weighted by atomic mass is 32.1. The van der Waals surface area contributed by atoms with Gasteiger partial charge in [0.1, 0.15) is 30.8 Å². The Labute approximate surface area is 194 Å². The molecule has 0 saturated carbocycles. The van der Waals surface area contributed by atoms with E-state index in [0.29, 0.717) is 48.3 Å². The topological polar surface area (TPSA) is 85.3 Å². The lowest BCUT2D eigenvalue weighted by Gasteiger charge is -2.24. The van der Waals surface area contributed by atoms with Crippen LogP contribution in [-0.4, -0.2) is 36.6 Å². The number of hydrogen-bond acceptors (Lipinski definition) is 7. The minimum absolute atomic E-state index is 0.0352. The second-order valence-corrected chi connectivity index (χ2v) is 8.45. The zero-order valence-corrected chi connectivity index (χ0v) is 18.6. The molecule has 2 aliphatic heterocycles. The Bertz CT molecular complexity index is 1230. The molecule has 33 heavy (non-hydrogen) atoms. The number of anilines is 1. The molecule has 3 aromatic rings. The number of aliphatic hydroxyl groups is 1. The average molecular weight is 464 g/mol. The zero-order chi connectivity index (χ0) is 22.9. The van der Waals surface area contributed by atoms with Crippen LogP contribution in [0.3, 0.4) is 0 Å². The summed E-state index contributed by atoms with van der Waals surface area (Å²) in [7, 11) is 0. The van der Waals surface area contributed by atoms with Crippen LogP contribution >= 0.6 is 11.3 Å². The predicted octanol–water partition coefficient (Wildman–Crippen LogP) is 4.54. The number of ether oxygens (including phenoxy) is 3. The molecule has 0 aliphatic carbocycles. The smallest absolute Gasteiger partial charge is 0.300 e. The third kappa shape index (κ3) is 3.72. The monoisotopic (exact) mass is 463 g/mol. The van der Waals surface area contributed by atoms with Gasteiger partial charge in [0, 0.05) is 16.1 Å². The second-order valence-electron chi connectivity index (χ2n) is 7.47. The van der Waals surface area contributed by atoms with E-state index in [4.69, 9.17) is 14.2 Å². The van der Waals surface area contributed by atoms with Gasteiger partial charge < -0.3 is 19.3 Å². The van der Waals surface area contributed by atoms with E-state index in [0.717, 1.165) is 4.88 Å². The zero-order valence-electron chi connectivity index (χ0n) is 17.8. The van der Waals surface area contributed by atoms with E-state index in [1.807, 2.05) is 24.4 Å². The molecule has 2 aromatic carbocycles. The molecule has 1 unspecified atom stereocenters. The number of benzene rings is 2. The van der Waals surface area contributed by atoms with Crippen LogP contribution in [0.5, 0.6) is 17.2 Å². The van der Waals surface area contributed by atoms with Gasteiger partial charge in [-0.3, -0.25) is 14.5 Å². The fourth-order valence-corrected chi connectivity index (χ4v) is 4.85. The highest BCUT2D eigenvalue weighted by molar-refractivity contribution is 7.10. The Morgan fingerprint density at radius 2 is 1.85 bits per heavy atom. The van der Waals surface area contributed by atoms with Crippen molar-refractivity contribution < 1.29 is 28.9 Å². The lowest BCUT2D eigenvalue weighted by Crippen LogP contribution is -2.29. The van der Waals surface area contributed by atoms with Crippen molar-refractivity contribution in [2.24, 2.45) is 0 Å². The number of Topliss-reactive ketones (excluding diaryl/α,β-unsaturated/α-hetero) is 1. The SMILES string of the molecule is CCOc1ccc(N2C(=O)C(=O)/C(=C(\O)c3ccc4c(c3)OCCO4)C2c2cccs2)cc1. The molecule has 8 heteroatoms. The number of carbonyl (C=O) groups is 2. The van der Waals surface area contributed by atoms with Crippen LogP contribution in [0.4, 0.5) is 5.69 Å². The number of carbonyl (C=O) groups excluding carboxylic acids is 2. The molecular weight excluding hydrogens is 442 g/mol. The normalized spacial score (nSPS) is 19.1. The highest BCUT2D eigenvalue weighted by Crippen LogP contribution is 2.44. The van der Waals surface area contributed by atoms with Crippen molar-refractivity contribution in [1.29, 1.82) is 0 Å². The van der Waals surface area contributed by atoms with Gasteiger partial charge in [-0.05, 0) is 60.8 Å². The first-order valence-corrected chi connectivity index (χ1v) is 11.4. The largest absolute Gasteiger partial charge is 0.507 e. The number of thiophene rings is 1. The van der Waals surface area contributed by atoms with Crippen LogP contribution in [-0.2, 0) is 9.59 Å². The van der Waals surface area contributed by atoms with Gasteiger partial charge in [0.25, 0.3) is 11.7 Å². The summed E-state index contributed by atoms with van der Waals surface area (Å²) in [5, 5.41) is 13.1. The van der Waals surface area contributed by atoms with Crippen molar-refractivity contribution in [2.45, 2.75) is 13.0 Å². The minimum Gasteiger partial charge on any atom is -0.507 e. The van der Waals surface area contributed by atoms with Crippen LogP contribution in [0.2, 0.25) is 0 Å². The van der Waals surface area contributed by atoms with Crippen molar-refractivity contribution in [1.82, 2.24) is 0 Å². The maximum absolute atomic E-state index is 13.2. The number of ketones is 1. The highest BCUT2D eigenvalue weighted by Gasteiger charge is 2.47. The molecule has 2 aliphatic rings. The fraction of sp³-hybridized carbons (Fsp3) is 0.200. The van der Waals surface area contributed by atoms with Crippen LogP contribution in [0.25, 0.3) is 5.76 Å². The molecule has 1 saturated heterocycles. The molecule has 3 heterocycles. The Kier molecular flexibility index (Phi) is 5.51. The van der Waals surface area contributed by atoms with Gasteiger partial charge in [0.05, 0.1) is 12.2 Å². The van der Waals surface area contributed by atoms with Crippen molar-refractivity contribution in [3.05, 3.63) is 76.0 Å². The summed E-state index contributed by atoms with van der Waals surface area (Å²) < 4.78 is 16.7. The van der Waals surface area contributed by atoms with Crippen molar-refractivity contribution in [3.8, 4) is 17.2 Å². The first-order valence-electron chi connectivity index (χ1n) is 10.6. The van der Waals surface area contributed by atoms with Gasteiger partial charge in [0.2, 0.25) is 0 Å². The first kappa shape index (κ1) is 21.1. The lowest BCUT2D eigenvalue weighted by molar-refractivity contribution is -0.132. The van der Waals surface area contributed by atoms with Crippen LogP contribution in [0, 0.1) is 0 Å². The summed E-state index contributed by atoms with van der Waals surface area (Å²) in [4.78, 5) is 28.5. The van der Waals surface area contributed by atoms with E-state index < -0.39 is 17.7 Å². The maximum Gasteiger partial charge on any atom is 0.300 e. The Morgan fingerprint density at radius 3 is 2.55 bits per heavy atom. The van der Waals surface area contributed by atoms with Gasteiger partial charge in [0.15, 0.2) is 11.5 Å². The average Bonchev–Trinajstić information content (AvgIpc) is 3.46. The molecule has 7 nitrogen and oxygen atoms in total. The van der Waals surface area contributed by atoms with Crippen LogP contribution in [0.1, 0.15) is 23.4 Å².